The number of fused-ring (bicyclic) bond motifs is 3. The van der Waals surface area contributed by atoms with Crippen molar-refractivity contribution in [1.82, 2.24) is 23.8 Å². The van der Waals surface area contributed by atoms with Gasteiger partial charge in [-0.2, -0.15) is 0 Å². The Bertz CT molecular complexity index is 888. The topological polar surface area (TPSA) is 66.8 Å². The van der Waals surface area contributed by atoms with E-state index in [0.717, 1.165) is 60.8 Å². The number of hydrogen-bond acceptors (Lipinski definition) is 3. The Kier molecular flexibility index (Phi) is 3.06. The number of pyridine rings is 1. The van der Waals surface area contributed by atoms with Crippen molar-refractivity contribution in [2.45, 2.75) is 37.0 Å². The average molecular weight is 329 g/mol. The van der Waals surface area contributed by atoms with E-state index in [4.69, 9.17) is 0 Å². The molecule has 3 aromatic rings. The summed E-state index contributed by atoms with van der Waals surface area (Å²) in [5, 5.41) is 1.56. The number of hydrogen-bond donors (Lipinski definition) is 1. The molecule has 0 bridgehead atoms. The van der Waals surface area contributed by atoms with Crippen molar-refractivity contribution in [2.24, 2.45) is 0 Å². The summed E-state index contributed by atoms with van der Waals surface area (Å²) in [5.41, 5.74) is 3.02. The Morgan fingerprint density at radius 2 is 2.00 bits per heavy atom. The van der Waals surface area contributed by atoms with E-state index >= 15 is 0 Å². The lowest BCUT2D eigenvalue weighted by atomic mass is 10.1. The maximum absolute atomic E-state index is 12.3. The van der Waals surface area contributed by atoms with Gasteiger partial charge in [0.25, 0.3) is 0 Å². The summed E-state index contributed by atoms with van der Waals surface area (Å²) in [4.78, 5) is 12.1. The minimum atomic E-state index is -0.758. The maximum Gasteiger partial charge on any atom is 0.139 e. The van der Waals surface area contributed by atoms with Gasteiger partial charge in [0, 0.05) is 36.0 Å². The predicted molar refractivity (Wildman–Crippen MR) is 90.4 cm³/mol. The fourth-order valence-corrected chi connectivity index (χ4v) is 5.12. The van der Waals surface area contributed by atoms with Crippen LogP contribution in [0.2, 0.25) is 0 Å². The van der Waals surface area contributed by atoms with Gasteiger partial charge in [-0.3, -0.25) is 0 Å². The van der Waals surface area contributed by atoms with Crippen molar-refractivity contribution in [2.75, 3.05) is 13.1 Å². The SMILES string of the molecule is O=S(C1CC1)N1CCC(n2cnc3cnc4[nH]ccc4c32)CC1. The lowest BCUT2D eigenvalue weighted by molar-refractivity contribution is 0.287. The number of piperidine rings is 1. The largest absolute Gasteiger partial charge is 0.346 e. The molecule has 0 aromatic carbocycles. The Labute approximate surface area is 136 Å². The first-order valence-corrected chi connectivity index (χ1v) is 9.42. The zero-order chi connectivity index (χ0) is 15.4. The molecule has 1 unspecified atom stereocenters. The van der Waals surface area contributed by atoms with Crippen LogP contribution in [0.3, 0.4) is 0 Å². The van der Waals surface area contributed by atoms with E-state index in [9.17, 15) is 4.21 Å². The van der Waals surface area contributed by atoms with Crippen LogP contribution >= 0.6 is 0 Å². The molecule has 1 saturated heterocycles. The zero-order valence-corrected chi connectivity index (χ0v) is 13.6. The molecule has 5 rings (SSSR count). The van der Waals surface area contributed by atoms with E-state index in [1.54, 1.807) is 0 Å². The highest BCUT2D eigenvalue weighted by atomic mass is 32.2. The van der Waals surface area contributed by atoms with Gasteiger partial charge in [-0.1, -0.05) is 0 Å². The summed E-state index contributed by atoms with van der Waals surface area (Å²) in [7, 11) is -0.758. The van der Waals surface area contributed by atoms with E-state index in [1.165, 1.54) is 0 Å². The van der Waals surface area contributed by atoms with Gasteiger partial charge in [-0.25, -0.2) is 18.5 Å². The third-order valence-electron chi connectivity index (χ3n) is 5.00. The van der Waals surface area contributed by atoms with Crippen LogP contribution in [0.15, 0.2) is 24.8 Å². The summed E-state index contributed by atoms with van der Waals surface area (Å²) >= 11 is 0. The Morgan fingerprint density at radius 3 is 2.78 bits per heavy atom. The number of aromatic nitrogens is 4. The molecular weight excluding hydrogens is 310 g/mol. The Hall–Kier alpha value is -1.73. The molecule has 1 aliphatic heterocycles. The summed E-state index contributed by atoms with van der Waals surface area (Å²) in [6.45, 7) is 1.82. The average Bonchev–Trinajstić information content (AvgIpc) is 3.17. The standard InChI is InChI=1S/C16H19N5OS/c22-23(12-1-2-12)20-7-4-11(5-8-20)21-10-19-14-9-18-16-13(15(14)21)3-6-17-16/h3,6,9-12H,1-2,4-5,7-8H2,(H,17,18). The lowest BCUT2D eigenvalue weighted by Gasteiger charge is -2.31. The van der Waals surface area contributed by atoms with Gasteiger partial charge < -0.3 is 9.55 Å². The second kappa shape index (κ2) is 5.14. The molecule has 0 spiro atoms. The van der Waals surface area contributed by atoms with E-state index in [1.807, 2.05) is 18.7 Å². The van der Waals surface area contributed by atoms with Crippen molar-refractivity contribution in [3.63, 3.8) is 0 Å². The molecule has 1 saturated carbocycles. The van der Waals surface area contributed by atoms with E-state index < -0.39 is 11.0 Å². The van der Waals surface area contributed by atoms with Gasteiger partial charge in [-0.15, -0.1) is 0 Å². The summed E-state index contributed by atoms with van der Waals surface area (Å²) in [6.07, 6.45) is 10.0. The molecule has 120 valence electrons. The van der Waals surface area contributed by atoms with Crippen LogP contribution in [0.1, 0.15) is 31.7 Å². The lowest BCUT2D eigenvalue weighted by Crippen LogP contribution is -2.37. The molecule has 1 aliphatic carbocycles. The van der Waals surface area contributed by atoms with E-state index in [2.05, 4.69) is 29.9 Å². The first-order valence-electron chi connectivity index (χ1n) is 8.25. The van der Waals surface area contributed by atoms with Crippen molar-refractivity contribution in [3.05, 3.63) is 24.8 Å². The van der Waals surface area contributed by atoms with Crippen LogP contribution < -0.4 is 0 Å². The molecule has 0 amide bonds. The number of rotatable bonds is 3. The highest BCUT2D eigenvalue weighted by molar-refractivity contribution is 7.83. The predicted octanol–water partition coefficient (Wildman–Crippen LogP) is 2.38. The monoisotopic (exact) mass is 329 g/mol. The van der Waals surface area contributed by atoms with Crippen LogP contribution in [0.5, 0.6) is 0 Å². The number of imidazole rings is 1. The van der Waals surface area contributed by atoms with E-state index in [-0.39, 0.29) is 0 Å². The van der Waals surface area contributed by atoms with Crippen LogP contribution in [-0.2, 0) is 11.0 Å². The van der Waals surface area contributed by atoms with Gasteiger partial charge in [0.05, 0.1) is 29.0 Å². The van der Waals surface area contributed by atoms with Gasteiger partial charge in [0.2, 0.25) is 0 Å². The zero-order valence-electron chi connectivity index (χ0n) is 12.8. The smallest absolute Gasteiger partial charge is 0.139 e. The number of nitrogens with one attached hydrogen (secondary N) is 1. The van der Waals surface area contributed by atoms with Crippen LogP contribution in [0.4, 0.5) is 0 Å². The van der Waals surface area contributed by atoms with Crippen LogP contribution in [0.25, 0.3) is 22.1 Å². The Morgan fingerprint density at radius 1 is 1.17 bits per heavy atom. The van der Waals surface area contributed by atoms with E-state index in [0.29, 0.717) is 11.3 Å². The molecule has 23 heavy (non-hydrogen) atoms. The minimum absolute atomic E-state index is 0.424. The number of H-pyrrole nitrogens is 1. The van der Waals surface area contributed by atoms with Crippen LogP contribution in [0, 0.1) is 0 Å². The molecule has 0 radical (unpaired) electrons. The first kappa shape index (κ1) is 13.7. The third-order valence-corrected chi connectivity index (χ3v) is 6.91. The fourth-order valence-electron chi connectivity index (χ4n) is 3.59. The normalized spacial score (nSPS) is 22.1. The Balaban J connectivity index is 1.45. The van der Waals surface area contributed by atoms with Crippen molar-refractivity contribution < 1.29 is 4.21 Å². The summed E-state index contributed by atoms with van der Waals surface area (Å²) < 4.78 is 16.8. The molecule has 7 heteroatoms. The number of aromatic amines is 1. The molecule has 1 atom stereocenters. The summed E-state index contributed by atoms with van der Waals surface area (Å²) in [6, 6.07) is 2.49. The van der Waals surface area contributed by atoms with Crippen molar-refractivity contribution >= 4 is 33.1 Å². The molecule has 2 aliphatic rings. The minimum Gasteiger partial charge on any atom is -0.346 e. The third kappa shape index (κ3) is 2.21. The second-order valence-electron chi connectivity index (χ2n) is 6.52. The summed E-state index contributed by atoms with van der Waals surface area (Å²) in [5.74, 6) is 0. The van der Waals surface area contributed by atoms with Gasteiger partial charge in [0.15, 0.2) is 0 Å². The second-order valence-corrected chi connectivity index (χ2v) is 8.25. The highest BCUT2D eigenvalue weighted by Crippen LogP contribution is 2.33. The molecule has 1 N–H and O–H groups in total. The molecule has 3 aromatic heterocycles. The van der Waals surface area contributed by atoms with Crippen molar-refractivity contribution in [1.29, 1.82) is 0 Å². The quantitative estimate of drug-likeness (QED) is 0.802. The molecule has 2 fully saturated rings. The van der Waals surface area contributed by atoms with Gasteiger partial charge >= 0.3 is 0 Å². The molecule has 6 nitrogen and oxygen atoms in total. The van der Waals surface area contributed by atoms with Crippen LogP contribution in [-0.4, -0.2) is 46.4 Å². The van der Waals surface area contributed by atoms with Crippen molar-refractivity contribution in [3.8, 4) is 0 Å². The van der Waals surface area contributed by atoms with Gasteiger partial charge in [-0.05, 0) is 31.7 Å². The molecular formula is C16H19N5OS. The highest BCUT2D eigenvalue weighted by Gasteiger charge is 2.34. The fraction of sp³-hybridized carbons (Fsp3) is 0.500. The first-order chi connectivity index (χ1) is 11.3. The number of nitrogens with zero attached hydrogens (tertiary/aromatic N) is 4. The van der Waals surface area contributed by atoms with Gasteiger partial charge in [0.1, 0.15) is 11.2 Å². The maximum atomic E-state index is 12.3. The molecule has 4 heterocycles.